The fourth-order valence-corrected chi connectivity index (χ4v) is 6.14. The molecule has 6 N–H and O–H groups in total. The fourth-order valence-electron chi connectivity index (χ4n) is 4.68. The Kier molecular flexibility index (Phi) is 9.58. The lowest BCUT2D eigenvalue weighted by molar-refractivity contribution is -0.152. The summed E-state index contributed by atoms with van der Waals surface area (Å²) in [4.78, 5) is 55.6. The van der Waals surface area contributed by atoms with E-state index in [9.17, 15) is 32.5 Å². The van der Waals surface area contributed by atoms with E-state index in [0.717, 1.165) is 30.6 Å². The van der Waals surface area contributed by atoms with E-state index in [1.54, 1.807) is 24.3 Å². The second-order valence-corrected chi connectivity index (χ2v) is 12.6. The van der Waals surface area contributed by atoms with Crippen LogP contribution in [0, 0.1) is 5.92 Å². The van der Waals surface area contributed by atoms with Gasteiger partial charge in [-0.2, -0.15) is 13.5 Å². The number of carboxylic acid groups (broad SMARTS) is 1. The topological polar surface area (TPSA) is 268 Å². The molecule has 20 heteroatoms. The highest BCUT2D eigenvalue weighted by atomic mass is 32.2. The third-order valence-corrected chi connectivity index (χ3v) is 8.94. The Hall–Kier alpha value is -4.95. The Morgan fingerprint density at radius 2 is 1.96 bits per heavy atom. The largest absolute Gasteiger partial charge is 0.489 e. The molecule has 1 saturated carbocycles. The van der Waals surface area contributed by atoms with Crippen LogP contribution in [0.5, 0.6) is 5.75 Å². The molecule has 3 aromatic rings. The van der Waals surface area contributed by atoms with Crippen LogP contribution < -0.4 is 16.2 Å². The number of oxime groups is 1. The molecular weight excluding hydrogens is 646 g/mol. The van der Waals surface area contributed by atoms with Gasteiger partial charge < -0.3 is 26.1 Å². The summed E-state index contributed by atoms with van der Waals surface area (Å²) in [6, 6.07) is 5.60. The first kappa shape index (κ1) is 32.4. The van der Waals surface area contributed by atoms with E-state index < -0.39 is 64.8 Å². The number of carboxylic acids is 1. The third-order valence-electron chi connectivity index (χ3n) is 7.32. The number of carbonyl (C=O) groups is 3. The highest BCUT2D eigenvalue weighted by molar-refractivity contribution is 7.84. The van der Waals surface area contributed by atoms with Crippen LogP contribution in [-0.4, -0.2) is 96.1 Å². The van der Waals surface area contributed by atoms with Crippen molar-refractivity contribution < 1.29 is 42.0 Å². The van der Waals surface area contributed by atoms with Gasteiger partial charge in [-0.25, -0.2) is 19.1 Å². The summed E-state index contributed by atoms with van der Waals surface area (Å²) in [6.45, 7) is -0.704. The Bertz CT molecular complexity index is 1750. The molecule has 46 heavy (non-hydrogen) atoms. The molecule has 18 nitrogen and oxygen atoms in total. The van der Waals surface area contributed by atoms with Crippen LogP contribution in [0.25, 0.3) is 0 Å². The molecule has 0 spiro atoms. The van der Waals surface area contributed by atoms with E-state index >= 15 is 0 Å². The van der Waals surface area contributed by atoms with Crippen molar-refractivity contribution in [3.63, 3.8) is 0 Å². The molecule has 2 aliphatic rings. The standard InChI is InChI=1S/C26H29N9O9S2/c27-23(31-15-2-1-3-15)14-4-6-16(7-5-14)43-10-21(25(38)39)44-33-22(18-11-45-26(28)32-18)20(36)8-17-19(9-34-13-29-12-30-34)35(24(17)37)46(40,41)42/h4-7,11-13,15,17,19,21H,1-3,8-10H2,(H2,27,31)(H2,28,32)(H,38,39)(H,40,41,42)/b33-22-/t17-,19+,21-/m0/s1. The van der Waals surface area contributed by atoms with Gasteiger partial charge in [0.25, 0.3) is 6.10 Å². The van der Waals surface area contributed by atoms with Crippen LogP contribution in [0.15, 0.2) is 52.4 Å². The number of nitrogens with two attached hydrogens (primary N) is 2. The van der Waals surface area contributed by atoms with Crippen LogP contribution >= 0.6 is 11.3 Å². The molecule has 5 rings (SSSR count). The molecule has 3 atom stereocenters. The molecule has 3 heterocycles. The zero-order chi connectivity index (χ0) is 33.0. The Morgan fingerprint density at radius 3 is 2.52 bits per heavy atom. The minimum absolute atomic E-state index is 0.0551. The average molecular weight is 676 g/mol. The zero-order valence-electron chi connectivity index (χ0n) is 23.9. The van der Waals surface area contributed by atoms with Crippen molar-refractivity contribution >= 4 is 56.0 Å². The van der Waals surface area contributed by atoms with Crippen LogP contribution in [-0.2, 0) is 36.1 Å². The number of rotatable bonds is 15. The van der Waals surface area contributed by atoms with Gasteiger partial charge in [0.05, 0.1) is 24.5 Å². The smallest absolute Gasteiger partial charge is 0.362 e. The summed E-state index contributed by atoms with van der Waals surface area (Å²) in [5.74, 6) is -3.81. The molecule has 1 aliphatic heterocycles. The number of β-lactam (4-membered cyclic amide) rings is 1. The van der Waals surface area contributed by atoms with Crippen molar-refractivity contribution in [1.29, 1.82) is 0 Å². The van der Waals surface area contributed by atoms with Crippen molar-refractivity contribution in [3.05, 3.63) is 53.6 Å². The van der Waals surface area contributed by atoms with Gasteiger partial charge in [-0.05, 0) is 43.5 Å². The first-order valence-corrected chi connectivity index (χ1v) is 16.1. The number of aromatic nitrogens is 4. The number of amides is 1. The van der Waals surface area contributed by atoms with Gasteiger partial charge in [-0.15, -0.1) is 11.3 Å². The number of anilines is 1. The quantitative estimate of drug-likeness (QED) is 0.0548. The fraction of sp³-hybridized carbons (Fsp3) is 0.385. The lowest BCUT2D eigenvalue weighted by Crippen LogP contribution is -2.64. The summed E-state index contributed by atoms with van der Waals surface area (Å²) < 4.78 is 40.3. The number of amidine groups is 1. The number of hydrogen-bond donors (Lipinski definition) is 4. The third kappa shape index (κ3) is 7.46. The number of Topliss-reactive ketones (excluding diaryl/α,β-unsaturated/α-hetero) is 1. The summed E-state index contributed by atoms with van der Waals surface area (Å²) >= 11 is 0.969. The molecule has 0 radical (unpaired) electrons. The lowest BCUT2D eigenvalue weighted by atomic mass is 9.84. The molecule has 1 aliphatic carbocycles. The van der Waals surface area contributed by atoms with Crippen molar-refractivity contribution in [2.75, 3.05) is 12.3 Å². The van der Waals surface area contributed by atoms with Gasteiger partial charge in [0, 0.05) is 17.4 Å². The normalized spacial score (nSPS) is 19.7. The van der Waals surface area contributed by atoms with Gasteiger partial charge in [0.2, 0.25) is 5.91 Å². The number of aliphatic carboxylic acids is 1. The maximum atomic E-state index is 13.4. The molecule has 244 valence electrons. The van der Waals surface area contributed by atoms with E-state index in [1.165, 1.54) is 22.7 Å². The van der Waals surface area contributed by atoms with Crippen molar-refractivity contribution in [1.82, 2.24) is 24.1 Å². The number of thiazole rings is 1. The van der Waals surface area contributed by atoms with Crippen molar-refractivity contribution in [2.24, 2.45) is 21.8 Å². The van der Waals surface area contributed by atoms with E-state index in [1.807, 2.05) is 0 Å². The SMILES string of the molecule is NC(=NC1CCC1)c1ccc(OC[C@H](O/N=C(\C(=O)C[C@@H]2C(=O)N(S(=O)(=O)O)[C@@H]2Cn2cncn2)c2csc(N)n2)C(=O)O)cc1. The van der Waals surface area contributed by atoms with Gasteiger partial charge >= 0.3 is 16.3 Å². The average Bonchev–Trinajstić information content (AvgIpc) is 3.66. The number of ketones is 1. The first-order valence-electron chi connectivity index (χ1n) is 13.8. The molecule has 1 amide bonds. The van der Waals surface area contributed by atoms with E-state index in [4.69, 9.17) is 21.0 Å². The lowest BCUT2D eigenvalue weighted by Gasteiger charge is -2.43. The number of nitrogen functional groups attached to an aromatic ring is 1. The predicted molar refractivity (Wildman–Crippen MR) is 161 cm³/mol. The maximum Gasteiger partial charge on any atom is 0.362 e. The number of aliphatic imine (C=N–C) groups is 1. The molecule has 1 saturated heterocycles. The van der Waals surface area contributed by atoms with E-state index in [2.05, 4.69) is 25.2 Å². The molecule has 2 fully saturated rings. The second kappa shape index (κ2) is 13.6. The van der Waals surface area contributed by atoms with Crippen LogP contribution in [0.3, 0.4) is 0 Å². The van der Waals surface area contributed by atoms with Crippen LogP contribution in [0.1, 0.15) is 36.9 Å². The first-order chi connectivity index (χ1) is 21.9. The number of ether oxygens (including phenoxy) is 1. The molecule has 0 bridgehead atoms. The molecule has 0 unspecified atom stereocenters. The van der Waals surface area contributed by atoms with Gasteiger partial charge in [0.1, 0.15) is 36.5 Å². The van der Waals surface area contributed by atoms with E-state index in [0.29, 0.717) is 17.1 Å². The van der Waals surface area contributed by atoms with Crippen LogP contribution in [0.4, 0.5) is 5.13 Å². The number of carbonyl (C=O) groups excluding carboxylic acids is 2. The summed E-state index contributed by atoms with van der Waals surface area (Å²) in [7, 11) is -4.94. The monoisotopic (exact) mass is 675 g/mol. The van der Waals surface area contributed by atoms with Gasteiger partial charge in [-0.3, -0.25) is 23.8 Å². The highest BCUT2D eigenvalue weighted by Crippen LogP contribution is 2.34. The predicted octanol–water partition coefficient (Wildman–Crippen LogP) is 0.117. The summed E-state index contributed by atoms with van der Waals surface area (Å²) in [5.41, 5.74) is 12.0. The number of benzene rings is 1. The summed E-state index contributed by atoms with van der Waals surface area (Å²) in [6.07, 6.45) is 3.32. The minimum Gasteiger partial charge on any atom is -0.489 e. The second-order valence-electron chi connectivity index (χ2n) is 10.4. The Morgan fingerprint density at radius 1 is 1.22 bits per heavy atom. The van der Waals surface area contributed by atoms with Crippen molar-refractivity contribution in [3.8, 4) is 5.75 Å². The molecule has 2 aromatic heterocycles. The Balaban J connectivity index is 1.28. The van der Waals surface area contributed by atoms with Crippen LogP contribution in [0.2, 0.25) is 0 Å². The Labute approximate surface area is 265 Å². The van der Waals surface area contributed by atoms with E-state index in [-0.39, 0.29) is 27.7 Å². The van der Waals surface area contributed by atoms with Gasteiger partial charge in [-0.1, -0.05) is 5.16 Å². The number of nitrogens with zero attached hydrogens (tertiary/aromatic N) is 7. The minimum atomic E-state index is -4.94. The number of hydrogen-bond acceptors (Lipinski definition) is 14. The van der Waals surface area contributed by atoms with Gasteiger partial charge in [0.15, 0.2) is 16.6 Å². The highest BCUT2D eigenvalue weighted by Gasteiger charge is 2.54. The zero-order valence-corrected chi connectivity index (χ0v) is 25.6. The molecule has 1 aromatic carbocycles. The molecular formula is C26H29N9O9S2. The summed E-state index contributed by atoms with van der Waals surface area (Å²) in [5, 5.41) is 18.8. The maximum absolute atomic E-state index is 13.4. The van der Waals surface area contributed by atoms with Crippen molar-refractivity contribution in [2.45, 2.75) is 50.4 Å².